The molecule has 22 heavy (non-hydrogen) atoms. The summed E-state index contributed by atoms with van der Waals surface area (Å²) in [4.78, 5) is 30.2. The average Bonchev–Trinajstić information content (AvgIpc) is 2.70. The van der Waals surface area contributed by atoms with Crippen molar-refractivity contribution in [2.45, 2.75) is 25.3 Å². The van der Waals surface area contributed by atoms with Crippen molar-refractivity contribution in [3.05, 3.63) is 30.3 Å². The van der Waals surface area contributed by atoms with Gasteiger partial charge in [-0.25, -0.2) is 0 Å². The second-order valence-corrected chi connectivity index (χ2v) is 6.15. The average molecular weight is 301 g/mol. The van der Waals surface area contributed by atoms with Gasteiger partial charge in [0.05, 0.1) is 6.54 Å². The fraction of sp³-hybridized carbons (Fsp3) is 0.529. The second-order valence-electron chi connectivity index (χ2n) is 6.15. The number of hydrogen-bond donors (Lipinski definition) is 0. The maximum absolute atomic E-state index is 12.5. The van der Waals surface area contributed by atoms with Gasteiger partial charge in [0.15, 0.2) is 0 Å². The number of para-hydroxylation sites is 1. The Morgan fingerprint density at radius 1 is 0.955 bits per heavy atom. The summed E-state index contributed by atoms with van der Waals surface area (Å²) in [5, 5.41) is 0. The van der Waals surface area contributed by atoms with E-state index in [0.717, 1.165) is 38.2 Å². The lowest BCUT2D eigenvalue weighted by molar-refractivity contribution is -0.129. The Bertz CT molecular complexity index is 546. The number of benzene rings is 1. The number of nitrogens with zero attached hydrogens (tertiary/aromatic N) is 3. The Balaban J connectivity index is 1.63. The molecule has 2 amide bonds. The molecule has 1 unspecified atom stereocenters. The zero-order valence-electron chi connectivity index (χ0n) is 13.1. The van der Waals surface area contributed by atoms with Crippen LogP contribution in [0.3, 0.4) is 0 Å². The van der Waals surface area contributed by atoms with Crippen LogP contribution in [0.25, 0.3) is 0 Å². The van der Waals surface area contributed by atoms with Gasteiger partial charge in [-0.05, 0) is 25.0 Å². The summed E-state index contributed by atoms with van der Waals surface area (Å²) in [5.74, 6) is 0.373. The predicted molar refractivity (Wildman–Crippen MR) is 85.6 cm³/mol. The van der Waals surface area contributed by atoms with Crippen LogP contribution in [0.15, 0.2) is 30.3 Å². The molecule has 0 aromatic heterocycles. The van der Waals surface area contributed by atoms with Crippen LogP contribution >= 0.6 is 0 Å². The number of hydrogen-bond acceptors (Lipinski definition) is 3. The lowest BCUT2D eigenvalue weighted by Crippen LogP contribution is -2.53. The van der Waals surface area contributed by atoms with Crippen molar-refractivity contribution in [3.63, 3.8) is 0 Å². The third-order valence-electron chi connectivity index (χ3n) is 4.75. The van der Waals surface area contributed by atoms with Crippen LogP contribution in [-0.2, 0) is 9.59 Å². The van der Waals surface area contributed by atoms with Crippen molar-refractivity contribution < 1.29 is 9.59 Å². The molecule has 0 aliphatic carbocycles. The molecular weight excluding hydrogens is 278 g/mol. The van der Waals surface area contributed by atoms with E-state index in [1.165, 1.54) is 0 Å². The van der Waals surface area contributed by atoms with Crippen LogP contribution < -0.4 is 4.90 Å². The monoisotopic (exact) mass is 301 g/mol. The Labute approximate surface area is 131 Å². The number of carbonyl (C=O) groups is 2. The Hall–Kier alpha value is -1.88. The van der Waals surface area contributed by atoms with Gasteiger partial charge in [-0.2, -0.15) is 0 Å². The van der Waals surface area contributed by atoms with E-state index in [1.54, 1.807) is 0 Å². The summed E-state index contributed by atoms with van der Waals surface area (Å²) in [6.07, 6.45) is 2.41. The third-order valence-corrected chi connectivity index (χ3v) is 4.75. The molecule has 0 bridgehead atoms. The van der Waals surface area contributed by atoms with E-state index in [9.17, 15) is 9.59 Å². The van der Waals surface area contributed by atoms with Gasteiger partial charge < -0.3 is 9.80 Å². The van der Waals surface area contributed by atoms with Crippen molar-refractivity contribution in [3.8, 4) is 0 Å². The van der Waals surface area contributed by atoms with E-state index in [2.05, 4.69) is 4.90 Å². The molecule has 3 rings (SSSR count). The van der Waals surface area contributed by atoms with Gasteiger partial charge in [-0.15, -0.1) is 0 Å². The van der Waals surface area contributed by atoms with Crippen LogP contribution in [0.2, 0.25) is 0 Å². The molecule has 2 saturated heterocycles. The molecule has 118 valence electrons. The fourth-order valence-electron chi connectivity index (χ4n) is 3.34. The number of amides is 2. The highest BCUT2D eigenvalue weighted by Crippen LogP contribution is 2.22. The summed E-state index contributed by atoms with van der Waals surface area (Å²) >= 11 is 0. The highest BCUT2D eigenvalue weighted by molar-refractivity contribution is 5.95. The lowest BCUT2D eigenvalue weighted by Gasteiger charge is -2.38. The Morgan fingerprint density at radius 2 is 1.73 bits per heavy atom. The van der Waals surface area contributed by atoms with E-state index in [0.29, 0.717) is 19.0 Å². The van der Waals surface area contributed by atoms with Gasteiger partial charge in [0.1, 0.15) is 0 Å². The van der Waals surface area contributed by atoms with Gasteiger partial charge in [0.2, 0.25) is 11.8 Å². The zero-order chi connectivity index (χ0) is 15.5. The molecule has 2 heterocycles. The van der Waals surface area contributed by atoms with E-state index in [1.807, 2.05) is 47.2 Å². The van der Waals surface area contributed by atoms with Crippen LogP contribution in [0.5, 0.6) is 0 Å². The first-order valence-electron chi connectivity index (χ1n) is 7.98. The first-order chi connectivity index (χ1) is 10.6. The summed E-state index contributed by atoms with van der Waals surface area (Å²) in [6.45, 7) is 2.85. The molecule has 0 spiro atoms. The number of piperazine rings is 1. The molecule has 2 aliphatic heterocycles. The quantitative estimate of drug-likeness (QED) is 0.828. The van der Waals surface area contributed by atoms with Gasteiger partial charge in [-0.3, -0.25) is 14.5 Å². The normalized spacial score (nSPS) is 24.5. The molecule has 1 aromatic rings. The zero-order valence-corrected chi connectivity index (χ0v) is 13.1. The molecule has 5 heteroatoms. The van der Waals surface area contributed by atoms with Crippen molar-refractivity contribution >= 4 is 17.5 Å². The molecule has 0 radical (unpaired) electrons. The largest absolute Gasteiger partial charge is 0.346 e. The highest BCUT2D eigenvalue weighted by atomic mass is 16.2. The predicted octanol–water partition coefficient (Wildman–Crippen LogP) is 1.35. The van der Waals surface area contributed by atoms with Gasteiger partial charge in [-0.1, -0.05) is 18.2 Å². The molecule has 1 aromatic carbocycles. The number of likely N-dealkylation sites (tertiary alicyclic amines) is 1. The topological polar surface area (TPSA) is 43.9 Å². The molecule has 2 aliphatic rings. The molecule has 1 atom stereocenters. The van der Waals surface area contributed by atoms with Crippen LogP contribution in [-0.4, -0.2) is 60.9 Å². The van der Waals surface area contributed by atoms with Gasteiger partial charge in [0, 0.05) is 44.8 Å². The number of rotatable bonds is 2. The van der Waals surface area contributed by atoms with Gasteiger partial charge >= 0.3 is 0 Å². The lowest BCUT2D eigenvalue weighted by atomic mass is 10.1. The standard InChI is InChI=1S/C17H23N3O2/c1-18-10-9-14(7-8-16(18)21)19-11-12-20(17(22)13-19)15-5-3-2-4-6-15/h2-6,14H,7-13H2,1H3. The maximum atomic E-state index is 12.5. The van der Waals surface area contributed by atoms with E-state index >= 15 is 0 Å². The van der Waals surface area contributed by atoms with Crippen LogP contribution in [0.4, 0.5) is 5.69 Å². The summed E-state index contributed by atoms with van der Waals surface area (Å²) in [6, 6.07) is 10.2. The van der Waals surface area contributed by atoms with E-state index in [4.69, 9.17) is 0 Å². The summed E-state index contributed by atoms with van der Waals surface area (Å²) < 4.78 is 0. The maximum Gasteiger partial charge on any atom is 0.241 e. The molecule has 2 fully saturated rings. The minimum Gasteiger partial charge on any atom is -0.346 e. The van der Waals surface area contributed by atoms with E-state index < -0.39 is 0 Å². The SMILES string of the molecule is CN1CCC(N2CCN(c3ccccc3)C(=O)C2)CCC1=O. The van der Waals surface area contributed by atoms with Crippen molar-refractivity contribution in [1.29, 1.82) is 0 Å². The Morgan fingerprint density at radius 3 is 2.45 bits per heavy atom. The van der Waals surface area contributed by atoms with Crippen molar-refractivity contribution in [2.75, 3.05) is 38.1 Å². The highest BCUT2D eigenvalue weighted by Gasteiger charge is 2.31. The molecule has 0 N–H and O–H groups in total. The first kappa shape index (κ1) is 15.0. The van der Waals surface area contributed by atoms with Gasteiger partial charge in [0.25, 0.3) is 0 Å². The smallest absolute Gasteiger partial charge is 0.241 e. The van der Waals surface area contributed by atoms with Crippen LogP contribution in [0, 0.1) is 0 Å². The minimum absolute atomic E-state index is 0.154. The number of carbonyl (C=O) groups excluding carboxylic acids is 2. The molecule has 5 nitrogen and oxygen atoms in total. The second kappa shape index (κ2) is 6.48. The Kier molecular flexibility index (Phi) is 4.43. The first-order valence-corrected chi connectivity index (χ1v) is 7.98. The van der Waals surface area contributed by atoms with Crippen LogP contribution in [0.1, 0.15) is 19.3 Å². The minimum atomic E-state index is 0.154. The fourth-order valence-corrected chi connectivity index (χ4v) is 3.34. The van der Waals surface area contributed by atoms with Crippen molar-refractivity contribution in [2.24, 2.45) is 0 Å². The molecule has 0 saturated carbocycles. The molecular formula is C17H23N3O2. The van der Waals surface area contributed by atoms with Crippen molar-refractivity contribution in [1.82, 2.24) is 9.80 Å². The summed E-state index contributed by atoms with van der Waals surface area (Å²) in [5.41, 5.74) is 0.975. The van der Waals surface area contributed by atoms with E-state index in [-0.39, 0.29) is 11.8 Å². The number of anilines is 1. The summed E-state index contributed by atoms with van der Waals surface area (Å²) in [7, 11) is 1.86. The third kappa shape index (κ3) is 3.14.